The highest BCUT2D eigenvalue weighted by Crippen LogP contribution is 2.31. The number of anilines is 1. The van der Waals surface area contributed by atoms with E-state index in [2.05, 4.69) is 22.0 Å². The van der Waals surface area contributed by atoms with Gasteiger partial charge in [-0.1, -0.05) is 35.6 Å². The molecule has 0 N–H and O–H groups in total. The summed E-state index contributed by atoms with van der Waals surface area (Å²) < 4.78 is 12.8. The number of ether oxygens (including phenoxy) is 2. The van der Waals surface area contributed by atoms with Crippen LogP contribution < -0.4 is 24.5 Å². The minimum absolute atomic E-state index is 0.183. The topological polar surface area (TPSA) is 73.1 Å². The minimum Gasteiger partial charge on any atom is -0.497 e. The first kappa shape index (κ1) is 24.1. The predicted molar refractivity (Wildman–Crippen MR) is 141 cm³/mol. The van der Waals surface area contributed by atoms with Crippen LogP contribution >= 0.6 is 11.3 Å². The minimum atomic E-state index is -0.633. The van der Waals surface area contributed by atoms with Crippen LogP contribution in [0.5, 0.6) is 5.75 Å². The molecule has 0 spiro atoms. The van der Waals surface area contributed by atoms with Crippen LogP contribution in [0, 0.1) is 0 Å². The lowest BCUT2D eigenvalue weighted by Crippen LogP contribution is -2.39. The molecule has 5 rings (SSSR count). The molecule has 36 heavy (non-hydrogen) atoms. The van der Waals surface area contributed by atoms with Crippen LogP contribution in [-0.4, -0.2) is 37.3 Å². The Hall–Kier alpha value is -3.65. The molecule has 2 aliphatic heterocycles. The Morgan fingerprint density at radius 2 is 1.81 bits per heavy atom. The summed E-state index contributed by atoms with van der Waals surface area (Å²) in [5, 5.41) is 0. The highest BCUT2D eigenvalue weighted by atomic mass is 32.1. The molecule has 1 aromatic heterocycles. The molecular formula is C28H29N3O4S. The van der Waals surface area contributed by atoms with Crippen molar-refractivity contribution in [1.82, 2.24) is 4.57 Å². The molecule has 0 bridgehead atoms. The number of esters is 1. The Bertz CT molecular complexity index is 1480. The second kappa shape index (κ2) is 10.1. The summed E-state index contributed by atoms with van der Waals surface area (Å²) in [5.74, 6) is 0.230. The number of allylic oxidation sites excluding steroid dienone is 1. The molecule has 8 heteroatoms. The second-order valence-corrected chi connectivity index (χ2v) is 9.87. The van der Waals surface area contributed by atoms with Crippen molar-refractivity contribution >= 4 is 29.1 Å². The van der Waals surface area contributed by atoms with Gasteiger partial charge in [0.1, 0.15) is 5.75 Å². The fourth-order valence-electron chi connectivity index (χ4n) is 4.80. The molecule has 0 radical (unpaired) electrons. The zero-order chi connectivity index (χ0) is 25.2. The first-order valence-corrected chi connectivity index (χ1v) is 13.0. The van der Waals surface area contributed by atoms with Gasteiger partial charge in [0.05, 0.1) is 35.6 Å². The lowest BCUT2D eigenvalue weighted by Gasteiger charge is -2.24. The van der Waals surface area contributed by atoms with Crippen molar-refractivity contribution < 1.29 is 14.3 Å². The van der Waals surface area contributed by atoms with Crippen LogP contribution in [0.25, 0.3) is 6.08 Å². The molecule has 7 nitrogen and oxygen atoms in total. The third kappa shape index (κ3) is 4.48. The van der Waals surface area contributed by atoms with Crippen molar-refractivity contribution in [3.63, 3.8) is 0 Å². The van der Waals surface area contributed by atoms with Gasteiger partial charge in [0.15, 0.2) is 4.80 Å². The van der Waals surface area contributed by atoms with E-state index in [9.17, 15) is 9.59 Å². The van der Waals surface area contributed by atoms with Crippen molar-refractivity contribution in [1.29, 1.82) is 0 Å². The molecule has 2 aliphatic rings. The number of fused-ring (bicyclic) bond motifs is 1. The van der Waals surface area contributed by atoms with Gasteiger partial charge in [0.2, 0.25) is 0 Å². The summed E-state index contributed by atoms with van der Waals surface area (Å²) in [6.45, 7) is 5.97. The molecule has 2 aromatic carbocycles. The van der Waals surface area contributed by atoms with E-state index in [-0.39, 0.29) is 12.2 Å². The highest BCUT2D eigenvalue weighted by Gasteiger charge is 2.33. The Kier molecular flexibility index (Phi) is 6.78. The number of hydrogen-bond acceptors (Lipinski definition) is 7. The summed E-state index contributed by atoms with van der Waals surface area (Å²) in [5.41, 5.74) is 3.69. The molecular weight excluding hydrogens is 474 g/mol. The molecule has 0 amide bonds. The van der Waals surface area contributed by atoms with Crippen LogP contribution in [-0.2, 0) is 9.53 Å². The molecule has 0 unspecified atom stereocenters. The largest absolute Gasteiger partial charge is 0.497 e. The Labute approximate surface area is 213 Å². The van der Waals surface area contributed by atoms with Crippen LogP contribution in [0.2, 0.25) is 0 Å². The van der Waals surface area contributed by atoms with Crippen LogP contribution in [0.1, 0.15) is 43.9 Å². The number of carbonyl (C=O) groups excluding carboxylic acids is 1. The average Bonchev–Trinajstić information content (AvgIpc) is 3.53. The van der Waals surface area contributed by atoms with E-state index in [1.165, 1.54) is 29.9 Å². The van der Waals surface area contributed by atoms with Crippen molar-refractivity contribution in [2.75, 3.05) is 31.7 Å². The molecule has 3 heterocycles. The molecule has 1 fully saturated rings. The highest BCUT2D eigenvalue weighted by molar-refractivity contribution is 7.07. The number of methoxy groups -OCH3 is 1. The Morgan fingerprint density at radius 1 is 1.11 bits per heavy atom. The van der Waals surface area contributed by atoms with E-state index in [1.54, 1.807) is 25.5 Å². The maximum atomic E-state index is 13.7. The number of aromatic nitrogens is 1. The van der Waals surface area contributed by atoms with E-state index in [0.717, 1.165) is 24.2 Å². The SMILES string of the molecule is CCOC(=O)C1=C(C)N=c2s/c(=C/c3ccc(N4CCCC4)cc3)c(=O)n2[C@H]1c1ccc(OC)cc1. The zero-order valence-corrected chi connectivity index (χ0v) is 21.5. The van der Waals surface area contributed by atoms with Crippen molar-refractivity contribution in [2.45, 2.75) is 32.7 Å². The maximum Gasteiger partial charge on any atom is 0.338 e. The third-order valence-electron chi connectivity index (χ3n) is 6.61. The average molecular weight is 504 g/mol. The molecule has 0 aliphatic carbocycles. The van der Waals surface area contributed by atoms with Gasteiger partial charge in [0, 0.05) is 18.8 Å². The van der Waals surface area contributed by atoms with E-state index in [4.69, 9.17) is 9.47 Å². The normalized spacial score (nSPS) is 17.7. The van der Waals surface area contributed by atoms with Crippen LogP contribution in [0.3, 0.4) is 0 Å². The number of hydrogen-bond donors (Lipinski definition) is 0. The maximum absolute atomic E-state index is 13.7. The third-order valence-corrected chi connectivity index (χ3v) is 7.59. The first-order valence-electron chi connectivity index (χ1n) is 12.2. The number of carbonyl (C=O) groups is 1. The van der Waals surface area contributed by atoms with Crippen molar-refractivity contribution in [2.24, 2.45) is 4.99 Å². The number of nitrogens with zero attached hydrogens (tertiary/aromatic N) is 3. The monoisotopic (exact) mass is 503 g/mol. The Morgan fingerprint density at radius 3 is 2.44 bits per heavy atom. The fraction of sp³-hybridized carbons (Fsp3) is 0.321. The number of benzene rings is 2. The summed E-state index contributed by atoms with van der Waals surface area (Å²) in [7, 11) is 1.60. The fourth-order valence-corrected chi connectivity index (χ4v) is 5.85. The van der Waals surface area contributed by atoms with E-state index in [1.807, 2.05) is 42.5 Å². The lowest BCUT2D eigenvalue weighted by atomic mass is 9.96. The standard InChI is InChI=1S/C28H29N3O4S/c1-4-35-27(33)24-18(2)29-28-31(25(24)20-9-13-22(34-3)14-10-20)26(32)23(36-28)17-19-7-11-21(12-8-19)30-15-5-6-16-30/h7-14,17,25H,4-6,15-16H2,1-3H3/b23-17+/t25-/m0/s1. The zero-order valence-electron chi connectivity index (χ0n) is 20.7. The summed E-state index contributed by atoms with van der Waals surface area (Å²) in [6, 6.07) is 15.1. The second-order valence-electron chi connectivity index (χ2n) is 8.86. The van der Waals surface area contributed by atoms with Gasteiger partial charge in [-0.25, -0.2) is 9.79 Å². The van der Waals surface area contributed by atoms with Gasteiger partial charge in [-0.2, -0.15) is 0 Å². The Balaban J connectivity index is 1.60. The number of thiazole rings is 1. The van der Waals surface area contributed by atoms with Crippen LogP contribution in [0.15, 0.2) is 69.6 Å². The van der Waals surface area contributed by atoms with Crippen molar-refractivity contribution in [3.05, 3.63) is 90.6 Å². The first-order chi connectivity index (χ1) is 17.5. The molecule has 0 saturated carbocycles. The summed E-state index contributed by atoms with van der Waals surface area (Å²) in [6.07, 6.45) is 4.35. The van der Waals surface area contributed by atoms with Gasteiger partial charge >= 0.3 is 5.97 Å². The number of rotatable bonds is 6. The van der Waals surface area contributed by atoms with E-state index >= 15 is 0 Å². The molecule has 1 atom stereocenters. The molecule has 186 valence electrons. The smallest absolute Gasteiger partial charge is 0.338 e. The molecule has 1 saturated heterocycles. The lowest BCUT2D eigenvalue weighted by molar-refractivity contribution is -0.139. The summed E-state index contributed by atoms with van der Waals surface area (Å²) >= 11 is 1.33. The van der Waals surface area contributed by atoms with Gasteiger partial charge < -0.3 is 14.4 Å². The van der Waals surface area contributed by atoms with Crippen molar-refractivity contribution in [3.8, 4) is 5.75 Å². The van der Waals surface area contributed by atoms with Gasteiger partial charge in [-0.05, 0) is 68.2 Å². The molecule has 3 aromatic rings. The summed E-state index contributed by atoms with van der Waals surface area (Å²) in [4.78, 5) is 34.3. The van der Waals surface area contributed by atoms with Gasteiger partial charge in [0.25, 0.3) is 5.56 Å². The predicted octanol–water partition coefficient (Wildman–Crippen LogP) is 3.41. The quantitative estimate of drug-likeness (QED) is 0.482. The van der Waals surface area contributed by atoms with E-state index in [0.29, 0.717) is 26.4 Å². The van der Waals surface area contributed by atoms with Gasteiger partial charge in [-0.3, -0.25) is 9.36 Å². The van der Waals surface area contributed by atoms with Crippen LogP contribution in [0.4, 0.5) is 5.69 Å². The van der Waals surface area contributed by atoms with E-state index < -0.39 is 12.0 Å². The van der Waals surface area contributed by atoms with Gasteiger partial charge in [-0.15, -0.1) is 0 Å².